The van der Waals surface area contributed by atoms with Gasteiger partial charge in [-0.15, -0.1) is 0 Å². The molecule has 0 aliphatic carbocycles. The third-order valence-electron chi connectivity index (χ3n) is 3.25. The summed E-state index contributed by atoms with van der Waals surface area (Å²) in [4.78, 5) is 7.15. The Kier molecular flexibility index (Phi) is 3.96. The lowest BCUT2D eigenvalue weighted by Gasteiger charge is -2.35. The van der Waals surface area contributed by atoms with Crippen LogP contribution in [0, 0.1) is 5.92 Å². The fourth-order valence-electron chi connectivity index (χ4n) is 2.22. The van der Waals surface area contributed by atoms with Crippen LogP contribution < -0.4 is 4.90 Å². The van der Waals surface area contributed by atoms with Gasteiger partial charge in [-0.1, -0.05) is 22.9 Å². The van der Waals surface area contributed by atoms with Crippen molar-refractivity contribution in [2.75, 3.05) is 24.2 Å². The molecule has 2 heterocycles. The summed E-state index contributed by atoms with van der Waals surface area (Å²) in [5, 5.41) is 0. The molecule has 2 unspecified atom stereocenters. The summed E-state index contributed by atoms with van der Waals surface area (Å²) in [6.07, 6.45) is 3.88. The number of alkyl halides is 1. The second kappa shape index (κ2) is 5.17. The van der Waals surface area contributed by atoms with E-state index < -0.39 is 9.84 Å². The van der Waals surface area contributed by atoms with Crippen LogP contribution >= 0.6 is 15.9 Å². The third kappa shape index (κ3) is 2.85. The van der Waals surface area contributed by atoms with Crippen LogP contribution in [-0.4, -0.2) is 37.6 Å². The van der Waals surface area contributed by atoms with Gasteiger partial charge in [0, 0.05) is 30.4 Å². The van der Waals surface area contributed by atoms with Gasteiger partial charge in [-0.05, 0) is 24.5 Å². The highest BCUT2D eigenvalue weighted by molar-refractivity contribution is 9.09. The molecule has 0 spiro atoms. The van der Waals surface area contributed by atoms with Crippen molar-refractivity contribution in [2.24, 2.45) is 5.92 Å². The standard InChI is InChI=1S/C12H17BrN2O2S/c1-9-8-15(7-5-10(9)13)12-11(18(2,16)17)4-3-6-14-12/h3-4,6,9-10H,5,7-8H2,1-2H3. The molecule has 2 atom stereocenters. The molecule has 1 aromatic heterocycles. The Bertz CT molecular complexity index is 533. The SMILES string of the molecule is CC1CN(c2ncccc2S(C)(=O)=O)CCC1Br. The first-order valence-corrected chi connectivity index (χ1v) is 8.74. The van der Waals surface area contributed by atoms with Crippen molar-refractivity contribution in [2.45, 2.75) is 23.1 Å². The van der Waals surface area contributed by atoms with E-state index in [1.54, 1.807) is 18.3 Å². The van der Waals surface area contributed by atoms with Gasteiger partial charge in [0.25, 0.3) is 0 Å². The number of nitrogens with zero attached hydrogens (tertiary/aromatic N) is 2. The smallest absolute Gasteiger partial charge is 0.179 e. The van der Waals surface area contributed by atoms with Gasteiger partial charge >= 0.3 is 0 Å². The highest BCUT2D eigenvalue weighted by Crippen LogP contribution is 2.29. The first-order valence-electron chi connectivity index (χ1n) is 5.93. The molecule has 0 saturated carbocycles. The molecule has 0 N–H and O–H groups in total. The second-order valence-electron chi connectivity index (χ2n) is 4.83. The average Bonchev–Trinajstić information content (AvgIpc) is 2.32. The summed E-state index contributed by atoms with van der Waals surface area (Å²) in [5.74, 6) is 1.07. The minimum absolute atomic E-state index is 0.324. The number of aromatic nitrogens is 1. The lowest BCUT2D eigenvalue weighted by atomic mass is 10.0. The molecule has 0 aromatic carbocycles. The van der Waals surface area contributed by atoms with E-state index >= 15 is 0 Å². The maximum absolute atomic E-state index is 11.8. The van der Waals surface area contributed by atoms with E-state index in [2.05, 4.69) is 32.7 Å². The van der Waals surface area contributed by atoms with Gasteiger partial charge < -0.3 is 4.90 Å². The zero-order valence-corrected chi connectivity index (χ0v) is 12.9. The fraction of sp³-hybridized carbons (Fsp3) is 0.583. The number of piperidine rings is 1. The molecule has 1 saturated heterocycles. The van der Waals surface area contributed by atoms with Gasteiger partial charge in [-0.3, -0.25) is 0 Å². The molecule has 1 aromatic rings. The van der Waals surface area contributed by atoms with Crippen molar-refractivity contribution in [3.05, 3.63) is 18.3 Å². The van der Waals surface area contributed by atoms with Crippen molar-refractivity contribution >= 4 is 31.6 Å². The van der Waals surface area contributed by atoms with Crippen LogP contribution in [0.5, 0.6) is 0 Å². The number of sulfone groups is 1. The quantitative estimate of drug-likeness (QED) is 0.778. The van der Waals surface area contributed by atoms with Crippen LogP contribution in [0.2, 0.25) is 0 Å². The number of hydrogen-bond acceptors (Lipinski definition) is 4. The van der Waals surface area contributed by atoms with Gasteiger partial charge in [-0.25, -0.2) is 13.4 Å². The topological polar surface area (TPSA) is 50.3 Å². The zero-order chi connectivity index (χ0) is 13.3. The van der Waals surface area contributed by atoms with E-state index in [0.717, 1.165) is 19.5 Å². The molecule has 0 bridgehead atoms. The predicted molar refractivity (Wildman–Crippen MR) is 76.1 cm³/mol. The molecule has 2 rings (SSSR count). The van der Waals surface area contributed by atoms with E-state index in [4.69, 9.17) is 0 Å². The maximum Gasteiger partial charge on any atom is 0.179 e. The molecule has 4 nitrogen and oxygen atoms in total. The lowest BCUT2D eigenvalue weighted by Crippen LogP contribution is -2.40. The molecule has 0 amide bonds. The van der Waals surface area contributed by atoms with E-state index in [-0.39, 0.29) is 0 Å². The summed E-state index contributed by atoms with van der Waals surface area (Å²) in [6, 6.07) is 3.29. The van der Waals surface area contributed by atoms with Gasteiger partial charge in [0.05, 0.1) is 0 Å². The summed E-state index contributed by atoms with van der Waals surface area (Å²) in [6.45, 7) is 3.82. The third-order valence-corrected chi connectivity index (χ3v) is 5.73. The highest BCUT2D eigenvalue weighted by Gasteiger charge is 2.27. The minimum atomic E-state index is -3.23. The second-order valence-corrected chi connectivity index (χ2v) is 7.99. The largest absolute Gasteiger partial charge is 0.355 e. The molecule has 6 heteroatoms. The number of rotatable bonds is 2. The Morgan fingerprint density at radius 3 is 2.83 bits per heavy atom. The van der Waals surface area contributed by atoms with Crippen molar-refractivity contribution < 1.29 is 8.42 Å². The predicted octanol–water partition coefficient (Wildman–Crippen LogP) is 2.09. The van der Waals surface area contributed by atoms with Crippen LogP contribution in [0.25, 0.3) is 0 Å². The monoisotopic (exact) mass is 332 g/mol. The number of anilines is 1. The van der Waals surface area contributed by atoms with Crippen molar-refractivity contribution in [1.29, 1.82) is 0 Å². The van der Waals surface area contributed by atoms with E-state index in [1.807, 2.05) is 0 Å². The zero-order valence-electron chi connectivity index (χ0n) is 10.5. The van der Waals surface area contributed by atoms with Gasteiger partial charge in [0.1, 0.15) is 10.7 Å². The summed E-state index contributed by atoms with van der Waals surface area (Å²) in [5.41, 5.74) is 0. The van der Waals surface area contributed by atoms with Crippen molar-refractivity contribution in [1.82, 2.24) is 4.98 Å². The molecule has 1 aliphatic rings. The van der Waals surface area contributed by atoms with E-state index in [1.165, 1.54) is 6.26 Å². The van der Waals surface area contributed by atoms with Crippen LogP contribution in [0.15, 0.2) is 23.2 Å². The van der Waals surface area contributed by atoms with Gasteiger partial charge in [0.2, 0.25) is 0 Å². The van der Waals surface area contributed by atoms with E-state index in [0.29, 0.717) is 21.5 Å². The van der Waals surface area contributed by atoms with Crippen LogP contribution in [0.4, 0.5) is 5.82 Å². The Hall–Kier alpha value is -0.620. The van der Waals surface area contributed by atoms with Crippen LogP contribution in [-0.2, 0) is 9.84 Å². The van der Waals surface area contributed by atoms with Crippen molar-refractivity contribution in [3.8, 4) is 0 Å². The summed E-state index contributed by atoms with van der Waals surface area (Å²) >= 11 is 3.65. The van der Waals surface area contributed by atoms with Gasteiger partial charge in [-0.2, -0.15) is 0 Å². The Morgan fingerprint density at radius 2 is 2.22 bits per heavy atom. The Balaban J connectivity index is 2.35. The van der Waals surface area contributed by atoms with Crippen LogP contribution in [0.3, 0.4) is 0 Å². The first-order chi connectivity index (χ1) is 8.39. The number of pyridine rings is 1. The molecule has 18 heavy (non-hydrogen) atoms. The first kappa shape index (κ1) is 13.8. The highest BCUT2D eigenvalue weighted by atomic mass is 79.9. The molecule has 1 fully saturated rings. The number of hydrogen-bond donors (Lipinski definition) is 0. The summed E-state index contributed by atoms with van der Waals surface area (Å²) in [7, 11) is -3.23. The average molecular weight is 333 g/mol. The molecule has 1 aliphatic heterocycles. The lowest BCUT2D eigenvalue weighted by molar-refractivity contribution is 0.461. The van der Waals surface area contributed by atoms with Crippen LogP contribution in [0.1, 0.15) is 13.3 Å². The Morgan fingerprint density at radius 1 is 1.50 bits per heavy atom. The fourth-order valence-corrected chi connectivity index (χ4v) is 3.43. The summed E-state index contributed by atoms with van der Waals surface area (Å²) < 4.78 is 23.5. The molecule has 100 valence electrons. The maximum atomic E-state index is 11.8. The van der Waals surface area contributed by atoms with Crippen molar-refractivity contribution in [3.63, 3.8) is 0 Å². The normalized spacial score (nSPS) is 25.2. The molecular formula is C12H17BrN2O2S. The molecular weight excluding hydrogens is 316 g/mol. The molecule has 0 radical (unpaired) electrons. The van der Waals surface area contributed by atoms with Gasteiger partial charge in [0.15, 0.2) is 9.84 Å². The van der Waals surface area contributed by atoms with E-state index in [9.17, 15) is 8.42 Å². The Labute approximate surface area is 116 Å². The number of halogens is 1. The minimum Gasteiger partial charge on any atom is -0.355 e.